The lowest BCUT2D eigenvalue weighted by Gasteiger charge is -2.37. The van der Waals surface area contributed by atoms with Crippen molar-refractivity contribution in [1.82, 2.24) is 10.6 Å². The largest absolute Gasteiger partial charge is 0.353 e. The van der Waals surface area contributed by atoms with Crippen molar-refractivity contribution in [2.24, 2.45) is 5.41 Å². The van der Waals surface area contributed by atoms with Crippen molar-refractivity contribution in [2.75, 3.05) is 6.54 Å². The molecule has 2 fully saturated rings. The van der Waals surface area contributed by atoms with Crippen LogP contribution in [0.4, 0.5) is 0 Å². The van der Waals surface area contributed by atoms with E-state index in [1.165, 1.54) is 19.3 Å². The highest BCUT2D eigenvalue weighted by atomic mass is 16.2. The summed E-state index contributed by atoms with van der Waals surface area (Å²) in [7, 11) is 0. The average molecular weight is 196 g/mol. The summed E-state index contributed by atoms with van der Waals surface area (Å²) in [5, 5.41) is 6.31. The lowest BCUT2D eigenvalue weighted by atomic mass is 9.67. The van der Waals surface area contributed by atoms with E-state index >= 15 is 0 Å². The summed E-state index contributed by atoms with van der Waals surface area (Å²) < 4.78 is 0. The minimum Gasteiger partial charge on any atom is -0.353 e. The molecule has 3 nitrogen and oxygen atoms in total. The Kier molecular flexibility index (Phi) is 2.52. The molecule has 1 atom stereocenters. The van der Waals surface area contributed by atoms with Crippen molar-refractivity contribution in [3.05, 3.63) is 0 Å². The lowest BCUT2D eigenvalue weighted by Crippen LogP contribution is -2.43. The first kappa shape index (κ1) is 9.97. The number of carbonyl (C=O) groups excluding carboxylic acids is 1. The van der Waals surface area contributed by atoms with Gasteiger partial charge in [0.25, 0.3) is 0 Å². The van der Waals surface area contributed by atoms with Crippen molar-refractivity contribution in [3.63, 3.8) is 0 Å². The van der Waals surface area contributed by atoms with Crippen LogP contribution in [0.2, 0.25) is 0 Å². The molecular formula is C11H20N2O. The van der Waals surface area contributed by atoms with Crippen LogP contribution >= 0.6 is 0 Å². The Bertz CT molecular complexity index is 233. The summed E-state index contributed by atoms with van der Waals surface area (Å²) >= 11 is 0. The fourth-order valence-electron chi connectivity index (χ4n) is 2.55. The number of nitrogens with one attached hydrogen (secondary N) is 2. The third-order valence-corrected chi connectivity index (χ3v) is 3.52. The lowest BCUT2D eigenvalue weighted by molar-refractivity contribution is -0.123. The van der Waals surface area contributed by atoms with Gasteiger partial charge in [-0.3, -0.25) is 4.79 Å². The Labute approximate surface area is 85.6 Å². The van der Waals surface area contributed by atoms with Crippen LogP contribution in [0.25, 0.3) is 0 Å². The molecule has 1 amide bonds. The van der Waals surface area contributed by atoms with Crippen molar-refractivity contribution >= 4 is 5.91 Å². The highest BCUT2D eigenvalue weighted by Crippen LogP contribution is 2.47. The van der Waals surface area contributed by atoms with Gasteiger partial charge in [-0.05, 0) is 38.5 Å². The zero-order chi connectivity index (χ0) is 10.2. The van der Waals surface area contributed by atoms with Crippen LogP contribution in [-0.4, -0.2) is 24.5 Å². The highest BCUT2D eigenvalue weighted by molar-refractivity contribution is 5.82. The van der Waals surface area contributed by atoms with Crippen LogP contribution in [0.5, 0.6) is 0 Å². The minimum atomic E-state index is 0.0673. The maximum absolute atomic E-state index is 11.7. The van der Waals surface area contributed by atoms with Gasteiger partial charge in [-0.15, -0.1) is 0 Å². The van der Waals surface area contributed by atoms with E-state index in [9.17, 15) is 4.79 Å². The fourth-order valence-corrected chi connectivity index (χ4v) is 2.55. The first-order valence-electron chi connectivity index (χ1n) is 5.65. The Morgan fingerprint density at radius 2 is 2.21 bits per heavy atom. The third-order valence-electron chi connectivity index (χ3n) is 3.52. The predicted octanol–water partition coefficient (Wildman–Crippen LogP) is 1.04. The van der Waals surface area contributed by atoms with E-state index in [1.54, 1.807) is 0 Å². The number of carbonyl (C=O) groups is 1. The van der Waals surface area contributed by atoms with Gasteiger partial charge >= 0.3 is 0 Å². The van der Waals surface area contributed by atoms with E-state index in [1.807, 2.05) is 13.8 Å². The predicted molar refractivity (Wildman–Crippen MR) is 56.0 cm³/mol. The zero-order valence-corrected chi connectivity index (χ0v) is 9.10. The van der Waals surface area contributed by atoms with Gasteiger partial charge in [-0.25, -0.2) is 0 Å². The molecule has 1 saturated carbocycles. The molecule has 2 N–H and O–H groups in total. The molecule has 0 bridgehead atoms. The molecule has 0 aromatic heterocycles. The van der Waals surface area contributed by atoms with Crippen LogP contribution in [-0.2, 0) is 4.79 Å². The first-order valence-corrected chi connectivity index (χ1v) is 5.65. The smallest absolute Gasteiger partial charge is 0.237 e. The molecule has 1 spiro atoms. The van der Waals surface area contributed by atoms with Gasteiger partial charge in [0, 0.05) is 12.6 Å². The van der Waals surface area contributed by atoms with Crippen LogP contribution in [0.3, 0.4) is 0 Å². The summed E-state index contributed by atoms with van der Waals surface area (Å²) in [6, 6.07) is 0.319. The Morgan fingerprint density at radius 3 is 2.64 bits per heavy atom. The molecule has 14 heavy (non-hydrogen) atoms. The van der Waals surface area contributed by atoms with Gasteiger partial charge in [0.1, 0.15) is 0 Å². The summed E-state index contributed by atoms with van der Waals surface area (Å²) in [5.74, 6) is 0.184. The van der Waals surface area contributed by atoms with E-state index in [0.717, 1.165) is 13.0 Å². The van der Waals surface area contributed by atoms with Gasteiger partial charge in [0.2, 0.25) is 5.91 Å². The number of hydrogen-bond acceptors (Lipinski definition) is 2. The Balaban J connectivity index is 1.85. The summed E-state index contributed by atoms with van der Waals surface area (Å²) in [5.41, 5.74) is 0.485. The van der Waals surface area contributed by atoms with E-state index in [4.69, 9.17) is 0 Å². The van der Waals surface area contributed by atoms with E-state index in [-0.39, 0.29) is 18.0 Å². The van der Waals surface area contributed by atoms with Crippen molar-refractivity contribution in [3.8, 4) is 0 Å². The summed E-state index contributed by atoms with van der Waals surface area (Å²) in [6.45, 7) is 5.06. The second-order valence-electron chi connectivity index (χ2n) is 5.15. The number of rotatable bonds is 2. The van der Waals surface area contributed by atoms with Gasteiger partial charge in [0.05, 0.1) is 6.04 Å². The fraction of sp³-hybridized carbons (Fsp3) is 0.909. The van der Waals surface area contributed by atoms with Crippen LogP contribution in [0, 0.1) is 5.41 Å². The van der Waals surface area contributed by atoms with Crippen LogP contribution in [0.15, 0.2) is 0 Å². The number of hydrogen-bond donors (Lipinski definition) is 2. The zero-order valence-electron chi connectivity index (χ0n) is 9.10. The summed E-state index contributed by atoms with van der Waals surface area (Å²) in [4.78, 5) is 11.7. The second kappa shape index (κ2) is 3.54. The normalized spacial score (nSPS) is 29.2. The molecule has 80 valence electrons. The first-order chi connectivity index (χ1) is 6.61. The molecule has 0 unspecified atom stereocenters. The van der Waals surface area contributed by atoms with E-state index in [2.05, 4.69) is 10.6 Å². The molecule has 3 heteroatoms. The molecule has 2 aliphatic rings. The van der Waals surface area contributed by atoms with Gasteiger partial charge in [-0.1, -0.05) is 6.42 Å². The van der Waals surface area contributed by atoms with Crippen molar-refractivity contribution < 1.29 is 4.79 Å². The topological polar surface area (TPSA) is 41.1 Å². The van der Waals surface area contributed by atoms with Crippen molar-refractivity contribution in [1.29, 1.82) is 0 Å². The standard InChI is InChI=1S/C11H20N2O/c1-8(2)13-10(14)9-6-11(7-12-9)4-3-5-11/h8-9,12H,3-7H2,1-2H3,(H,13,14)/t9-/m0/s1. The molecule has 0 radical (unpaired) electrons. The monoisotopic (exact) mass is 196 g/mol. The molecule has 0 aromatic rings. The van der Waals surface area contributed by atoms with E-state index < -0.39 is 0 Å². The molecule has 0 aromatic carbocycles. The second-order valence-corrected chi connectivity index (χ2v) is 5.15. The van der Waals surface area contributed by atoms with Gasteiger partial charge in [-0.2, -0.15) is 0 Å². The minimum absolute atomic E-state index is 0.0673. The molecular weight excluding hydrogens is 176 g/mol. The van der Waals surface area contributed by atoms with E-state index in [0.29, 0.717) is 5.41 Å². The molecule has 1 aliphatic heterocycles. The van der Waals surface area contributed by atoms with Gasteiger partial charge in [0.15, 0.2) is 0 Å². The molecule has 1 saturated heterocycles. The average Bonchev–Trinajstić information content (AvgIpc) is 2.45. The molecule has 2 rings (SSSR count). The molecule has 1 aliphatic carbocycles. The maximum Gasteiger partial charge on any atom is 0.237 e. The maximum atomic E-state index is 11.7. The Hall–Kier alpha value is -0.570. The molecule has 1 heterocycles. The quantitative estimate of drug-likeness (QED) is 0.693. The highest BCUT2D eigenvalue weighted by Gasteiger charge is 2.45. The third kappa shape index (κ3) is 1.78. The summed E-state index contributed by atoms with van der Waals surface area (Å²) in [6.07, 6.45) is 5.02. The van der Waals surface area contributed by atoms with Crippen molar-refractivity contribution in [2.45, 2.75) is 51.6 Å². The van der Waals surface area contributed by atoms with Crippen LogP contribution in [0.1, 0.15) is 39.5 Å². The number of amides is 1. The van der Waals surface area contributed by atoms with Gasteiger partial charge < -0.3 is 10.6 Å². The SMILES string of the molecule is CC(C)NC(=O)[C@@H]1CC2(CCC2)CN1. The Morgan fingerprint density at radius 1 is 1.50 bits per heavy atom. The van der Waals surface area contributed by atoms with Crippen LogP contribution < -0.4 is 10.6 Å².